The van der Waals surface area contributed by atoms with Gasteiger partial charge in [0, 0.05) is 58.0 Å². The summed E-state index contributed by atoms with van der Waals surface area (Å²) in [4.78, 5) is 10.9. The quantitative estimate of drug-likeness (QED) is 0.0604. The third-order valence-corrected chi connectivity index (χ3v) is 6.27. The molecule has 0 spiro atoms. The van der Waals surface area contributed by atoms with E-state index >= 15 is 0 Å². The molecule has 0 aromatic heterocycles. The molecule has 0 saturated carbocycles. The molecule has 0 aliphatic carbocycles. The van der Waals surface area contributed by atoms with Crippen LogP contribution >= 0.6 is 0 Å². The lowest BCUT2D eigenvalue weighted by atomic mass is 10.1. The molecule has 0 amide bonds. The highest BCUT2D eigenvalue weighted by atomic mass is 16.5. The molecule has 0 saturated heterocycles. The van der Waals surface area contributed by atoms with Gasteiger partial charge in [0.15, 0.2) is 0 Å². The summed E-state index contributed by atoms with van der Waals surface area (Å²) in [5, 5.41) is 8.60. The van der Waals surface area contributed by atoms with Crippen LogP contribution in [0.3, 0.4) is 0 Å². The Kier molecular flexibility index (Phi) is 39.6. The van der Waals surface area contributed by atoms with Gasteiger partial charge < -0.3 is 9.84 Å². The minimum atomic E-state index is -0.182. The highest BCUT2D eigenvalue weighted by molar-refractivity contribution is 5.69. The van der Waals surface area contributed by atoms with Crippen molar-refractivity contribution in [1.82, 2.24) is 0 Å². The van der Waals surface area contributed by atoms with Gasteiger partial charge in [-0.3, -0.25) is 4.79 Å². The number of aliphatic hydroxyl groups is 1. The van der Waals surface area contributed by atoms with E-state index in [1.165, 1.54) is 64.9 Å². The monoisotopic (exact) mass is 576 g/mol. The molecule has 0 aromatic rings. The molecule has 0 unspecified atom stereocenters. The Labute approximate surface area is 260 Å². The van der Waals surface area contributed by atoms with E-state index in [0.29, 0.717) is 12.8 Å². The Bertz CT molecular complexity index is 870. The smallest absolute Gasteiger partial charge is 0.306 e. The number of rotatable bonds is 22. The molecule has 0 atom stereocenters. The fraction of sp³-hybridized carbons (Fsp3) is 0.667. The first-order valence-corrected chi connectivity index (χ1v) is 16.4. The Morgan fingerprint density at radius 1 is 0.524 bits per heavy atom. The number of carbonyl (C=O) groups is 1. The van der Waals surface area contributed by atoms with Crippen LogP contribution in [0.5, 0.6) is 0 Å². The first kappa shape index (κ1) is 41.3. The number of hydrogen-bond donors (Lipinski definition) is 1. The van der Waals surface area contributed by atoms with Gasteiger partial charge in [0.2, 0.25) is 0 Å². The summed E-state index contributed by atoms with van der Waals surface area (Å²) in [6, 6.07) is 0. The van der Waals surface area contributed by atoms with Crippen LogP contribution in [0.1, 0.15) is 154 Å². The molecule has 0 aliphatic heterocycles. The highest BCUT2D eigenvalue weighted by Gasteiger charge is 1.95. The van der Waals surface area contributed by atoms with Crippen molar-refractivity contribution in [2.75, 3.05) is 13.7 Å². The van der Waals surface area contributed by atoms with Gasteiger partial charge in [-0.05, 0) is 57.8 Å². The average Bonchev–Trinajstić information content (AvgIpc) is 3.00. The Balaban J connectivity index is 0. The maximum Gasteiger partial charge on any atom is 0.306 e. The summed E-state index contributed by atoms with van der Waals surface area (Å²) in [5.41, 5.74) is 0. The van der Waals surface area contributed by atoms with Crippen LogP contribution in [0.2, 0.25) is 0 Å². The Morgan fingerprint density at radius 3 is 1.17 bits per heavy atom. The predicted molar refractivity (Wildman–Crippen MR) is 181 cm³/mol. The maximum absolute atomic E-state index is 10.9. The second-order valence-electron chi connectivity index (χ2n) is 10.2. The van der Waals surface area contributed by atoms with E-state index in [9.17, 15) is 4.79 Å². The second-order valence-corrected chi connectivity index (χ2v) is 10.2. The molecule has 0 fully saturated rings. The number of methoxy groups -OCH3 is 1. The second kappa shape index (κ2) is 40.3. The molecule has 234 valence electrons. The summed E-state index contributed by atoms with van der Waals surface area (Å²) < 4.78 is 4.55. The van der Waals surface area contributed by atoms with Crippen LogP contribution in [0.25, 0.3) is 0 Å². The third kappa shape index (κ3) is 41.6. The van der Waals surface area contributed by atoms with E-state index in [-0.39, 0.29) is 12.6 Å². The number of esters is 1. The Morgan fingerprint density at radius 2 is 0.833 bits per heavy atom. The van der Waals surface area contributed by atoms with Gasteiger partial charge >= 0.3 is 5.97 Å². The van der Waals surface area contributed by atoms with Crippen molar-refractivity contribution in [3.05, 3.63) is 25.3 Å². The van der Waals surface area contributed by atoms with Crippen LogP contribution in [0.15, 0.2) is 25.3 Å². The topological polar surface area (TPSA) is 46.5 Å². The van der Waals surface area contributed by atoms with Gasteiger partial charge in [-0.15, -0.1) is 60.5 Å². The lowest BCUT2D eigenvalue weighted by Crippen LogP contribution is -1.98. The van der Waals surface area contributed by atoms with Crippen LogP contribution in [0, 0.1) is 47.4 Å². The highest BCUT2D eigenvalue weighted by Crippen LogP contribution is 2.07. The van der Waals surface area contributed by atoms with Crippen molar-refractivity contribution in [3.63, 3.8) is 0 Å². The molecule has 3 heteroatoms. The third-order valence-electron chi connectivity index (χ3n) is 6.27. The van der Waals surface area contributed by atoms with Crippen molar-refractivity contribution < 1.29 is 14.6 Å². The lowest BCUT2D eigenvalue weighted by molar-refractivity contribution is -0.140. The average molecular weight is 577 g/mol. The summed E-state index contributed by atoms with van der Waals surface area (Å²) >= 11 is 0. The standard InChI is InChI=1S/C20H30O2.C19H30O/c1-3-4-5-6-7-8-9-10-11-12-13-14-15-16-17-18-19-20(21)22-2;1-2-3-4-5-6-7-8-9-10-11-12-13-14-15-16-17-18-19-20/h3H,1,4-6,9-15,18-19H2,2H3;2,20H,1,3-5,8-14,17-19H2. The molecule has 0 radical (unpaired) electrons. The van der Waals surface area contributed by atoms with Gasteiger partial charge in [0.25, 0.3) is 0 Å². The summed E-state index contributed by atoms with van der Waals surface area (Å²) in [7, 11) is 1.41. The molecule has 0 aliphatic rings. The summed E-state index contributed by atoms with van der Waals surface area (Å²) in [6.07, 6.45) is 29.5. The fourth-order valence-corrected chi connectivity index (χ4v) is 3.72. The van der Waals surface area contributed by atoms with Gasteiger partial charge in [0.05, 0.1) is 13.5 Å². The minimum absolute atomic E-state index is 0.182. The zero-order valence-electron chi connectivity index (χ0n) is 27.0. The number of ether oxygens (including phenoxy) is 1. The summed E-state index contributed by atoms with van der Waals surface area (Å²) in [5.74, 6) is 25.1. The van der Waals surface area contributed by atoms with Crippen molar-refractivity contribution in [2.24, 2.45) is 0 Å². The zero-order chi connectivity index (χ0) is 31.0. The molecule has 0 aromatic carbocycles. The van der Waals surface area contributed by atoms with E-state index in [2.05, 4.69) is 65.3 Å². The Hall–Kier alpha value is -2.85. The summed E-state index contributed by atoms with van der Waals surface area (Å²) in [6.45, 7) is 7.66. The number of carbonyl (C=O) groups excluding carboxylic acids is 1. The number of hydrogen-bond acceptors (Lipinski definition) is 3. The van der Waals surface area contributed by atoms with E-state index in [4.69, 9.17) is 5.11 Å². The van der Waals surface area contributed by atoms with Crippen LogP contribution in [-0.4, -0.2) is 24.8 Å². The molecule has 1 N–H and O–H groups in total. The molecule has 0 rings (SSSR count). The van der Waals surface area contributed by atoms with Gasteiger partial charge in [-0.25, -0.2) is 0 Å². The van der Waals surface area contributed by atoms with Crippen molar-refractivity contribution >= 4 is 5.97 Å². The van der Waals surface area contributed by atoms with Gasteiger partial charge in [-0.2, -0.15) is 0 Å². The molecule has 3 nitrogen and oxygen atoms in total. The fourth-order valence-electron chi connectivity index (χ4n) is 3.72. The number of allylic oxidation sites excluding steroid dienone is 2. The van der Waals surface area contributed by atoms with Gasteiger partial charge in [0.1, 0.15) is 0 Å². The van der Waals surface area contributed by atoms with E-state index in [1.807, 2.05) is 12.2 Å². The van der Waals surface area contributed by atoms with Crippen molar-refractivity contribution in [2.45, 2.75) is 154 Å². The normalized spacial score (nSPS) is 9.19. The molecular weight excluding hydrogens is 516 g/mol. The maximum atomic E-state index is 10.9. The largest absolute Gasteiger partial charge is 0.469 e. The minimum Gasteiger partial charge on any atom is -0.469 e. The molecular formula is C39H60O3. The van der Waals surface area contributed by atoms with Crippen LogP contribution < -0.4 is 0 Å². The first-order chi connectivity index (χ1) is 20.7. The van der Waals surface area contributed by atoms with Crippen molar-refractivity contribution in [1.29, 1.82) is 0 Å². The van der Waals surface area contributed by atoms with Crippen LogP contribution in [0.4, 0.5) is 0 Å². The number of unbranched alkanes of at least 4 members (excludes halogenated alkanes) is 17. The van der Waals surface area contributed by atoms with Crippen molar-refractivity contribution in [3.8, 4) is 47.4 Å². The molecule has 0 heterocycles. The SMILES string of the molecule is C=CCCCC#CCCCCCCCC#CCCC(=O)OC.C=CCCCC#CCCCCCCCC#CCCCO. The first-order valence-electron chi connectivity index (χ1n) is 16.4. The zero-order valence-corrected chi connectivity index (χ0v) is 27.0. The van der Waals surface area contributed by atoms with Gasteiger partial charge in [-0.1, -0.05) is 50.7 Å². The molecule has 42 heavy (non-hydrogen) atoms. The van der Waals surface area contributed by atoms with E-state index in [1.54, 1.807) is 0 Å². The lowest BCUT2D eigenvalue weighted by Gasteiger charge is -1.96. The van der Waals surface area contributed by atoms with E-state index in [0.717, 1.165) is 83.5 Å². The van der Waals surface area contributed by atoms with Crippen LogP contribution in [-0.2, 0) is 9.53 Å². The predicted octanol–water partition coefficient (Wildman–Crippen LogP) is 9.89. The number of aliphatic hydroxyl groups excluding tert-OH is 1. The van der Waals surface area contributed by atoms with E-state index < -0.39 is 0 Å². The molecule has 0 bridgehead atoms.